The van der Waals surface area contributed by atoms with Crippen molar-refractivity contribution < 1.29 is 37.4 Å². The van der Waals surface area contributed by atoms with Gasteiger partial charge in [-0.25, -0.2) is 4.79 Å². The Morgan fingerprint density at radius 1 is 1.14 bits per heavy atom. The van der Waals surface area contributed by atoms with E-state index in [1.165, 1.54) is 42.5 Å². The lowest BCUT2D eigenvalue weighted by Crippen LogP contribution is -2.18. The fourth-order valence-corrected chi connectivity index (χ4v) is 5.40. The summed E-state index contributed by atoms with van der Waals surface area (Å²) in [7, 11) is -3.16. The molecule has 8 nitrogen and oxygen atoms in total. The second-order valence-electron chi connectivity index (χ2n) is 8.54. The fourth-order valence-electron chi connectivity index (χ4n) is 2.79. The molecule has 0 saturated carbocycles. The quantitative estimate of drug-likeness (QED) is 0.0771. The van der Waals surface area contributed by atoms with Crippen LogP contribution in [0.15, 0.2) is 48.5 Å². The number of benzene rings is 2. The highest BCUT2D eigenvalue weighted by Gasteiger charge is 2.43. The van der Waals surface area contributed by atoms with Gasteiger partial charge in [0.1, 0.15) is 10.6 Å². The average molecular weight is 558 g/mol. The molecule has 2 aromatic carbocycles. The molecule has 3 aromatic rings. The van der Waals surface area contributed by atoms with Gasteiger partial charge in [-0.05, 0) is 35.7 Å². The molecule has 1 heterocycles. The van der Waals surface area contributed by atoms with E-state index in [0.717, 1.165) is 29.2 Å². The summed E-state index contributed by atoms with van der Waals surface area (Å²) in [5.74, 6) is -0.510. The van der Waals surface area contributed by atoms with Crippen molar-refractivity contribution in [2.24, 2.45) is 5.41 Å². The maximum absolute atomic E-state index is 14.8. The zero-order valence-corrected chi connectivity index (χ0v) is 21.9. The number of carbonyl (C=O) groups is 2. The third-order valence-corrected chi connectivity index (χ3v) is 8.21. The van der Waals surface area contributed by atoms with Crippen molar-refractivity contribution in [1.82, 2.24) is 0 Å². The number of fused-ring (bicyclic) bond motifs is 1. The van der Waals surface area contributed by atoms with E-state index in [2.05, 4.69) is 0 Å². The van der Waals surface area contributed by atoms with Crippen LogP contribution in [-0.4, -0.2) is 33.3 Å². The minimum Gasteiger partial charge on any atom is -0.422 e. The molecular formula is C23H22F2NO7PS2. The minimum atomic E-state index is -3.68. The molecule has 192 valence electrons. The van der Waals surface area contributed by atoms with Crippen LogP contribution < -0.4 is 4.74 Å². The highest BCUT2D eigenvalue weighted by Crippen LogP contribution is 2.56. The van der Waals surface area contributed by atoms with Gasteiger partial charge in [-0.2, -0.15) is 8.78 Å². The van der Waals surface area contributed by atoms with Crippen molar-refractivity contribution in [3.8, 4) is 5.75 Å². The largest absolute Gasteiger partial charge is 0.422 e. The second-order valence-corrected chi connectivity index (χ2v) is 12.1. The summed E-state index contributed by atoms with van der Waals surface area (Å²) in [6.45, 7) is 5.02. The molecule has 0 aliphatic rings. The first-order chi connectivity index (χ1) is 16.8. The Hall–Kier alpha value is -2.50. The van der Waals surface area contributed by atoms with E-state index >= 15 is 0 Å². The maximum Gasteiger partial charge on any atom is 0.353 e. The number of esters is 1. The summed E-state index contributed by atoms with van der Waals surface area (Å²) in [5, 5.41) is 11.0. The molecule has 36 heavy (non-hydrogen) atoms. The SMILES string of the molecule is CC(C)(C)C(=O)SCCOP(O)C(F)(F)c1ccc2sc(C(=O)Oc3ccc([N+](=O)[O-])cc3)cc2c1. The molecule has 1 unspecified atom stereocenters. The molecule has 1 atom stereocenters. The summed E-state index contributed by atoms with van der Waals surface area (Å²) in [5.41, 5.74) is -4.88. The molecule has 3 rings (SSSR count). The number of thiophene rings is 1. The van der Waals surface area contributed by atoms with E-state index in [9.17, 15) is 33.4 Å². The van der Waals surface area contributed by atoms with E-state index in [0.29, 0.717) is 10.1 Å². The first kappa shape index (κ1) is 28.1. The van der Waals surface area contributed by atoms with Gasteiger partial charge in [0.25, 0.3) is 5.69 Å². The van der Waals surface area contributed by atoms with Crippen LogP contribution in [0.2, 0.25) is 0 Å². The molecule has 1 aromatic heterocycles. The maximum atomic E-state index is 14.8. The molecular weight excluding hydrogens is 535 g/mol. The van der Waals surface area contributed by atoms with Gasteiger partial charge < -0.3 is 14.2 Å². The van der Waals surface area contributed by atoms with Crippen LogP contribution >= 0.6 is 31.5 Å². The number of hydrogen-bond donors (Lipinski definition) is 1. The van der Waals surface area contributed by atoms with Crippen LogP contribution in [-0.2, 0) is 15.0 Å². The Labute approximate surface area is 214 Å². The molecule has 0 amide bonds. The van der Waals surface area contributed by atoms with Crippen molar-refractivity contribution in [1.29, 1.82) is 0 Å². The third-order valence-electron chi connectivity index (χ3n) is 4.71. The van der Waals surface area contributed by atoms with Gasteiger partial charge in [0.2, 0.25) is 8.38 Å². The summed E-state index contributed by atoms with van der Waals surface area (Å²) >= 11 is 1.99. The number of carbonyl (C=O) groups excluding carboxylic acids is 2. The number of halogens is 2. The molecule has 0 saturated heterocycles. The lowest BCUT2D eigenvalue weighted by molar-refractivity contribution is -0.384. The predicted molar refractivity (Wildman–Crippen MR) is 136 cm³/mol. The van der Waals surface area contributed by atoms with Crippen LogP contribution in [0.1, 0.15) is 36.0 Å². The number of nitrogens with zero attached hydrogens (tertiary/aromatic N) is 1. The van der Waals surface area contributed by atoms with Gasteiger partial charge in [-0.1, -0.05) is 38.6 Å². The molecule has 0 radical (unpaired) electrons. The zero-order chi connectivity index (χ0) is 26.7. The van der Waals surface area contributed by atoms with Gasteiger partial charge in [-0.15, -0.1) is 11.3 Å². The van der Waals surface area contributed by atoms with Crippen LogP contribution in [0, 0.1) is 15.5 Å². The fraction of sp³-hybridized carbons (Fsp3) is 0.304. The zero-order valence-electron chi connectivity index (χ0n) is 19.4. The number of ether oxygens (including phenoxy) is 1. The molecule has 1 N–H and O–H groups in total. The Bertz CT molecular complexity index is 1280. The molecule has 0 spiro atoms. The Kier molecular flexibility index (Phi) is 8.79. The highest BCUT2D eigenvalue weighted by atomic mass is 32.2. The van der Waals surface area contributed by atoms with Crippen molar-refractivity contribution >= 4 is 58.3 Å². The molecule has 13 heteroatoms. The number of rotatable bonds is 9. The van der Waals surface area contributed by atoms with Gasteiger partial charge in [0, 0.05) is 33.6 Å². The number of nitro groups is 1. The number of alkyl halides is 2. The number of non-ortho nitro benzene ring substituents is 1. The van der Waals surface area contributed by atoms with Crippen molar-refractivity contribution in [3.05, 3.63) is 69.1 Å². The van der Waals surface area contributed by atoms with E-state index in [1.54, 1.807) is 20.8 Å². The first-order valence-electron chi connectivity index (χ1n) is 10.5. The van der Waals surface area contributed by atoms with E-state index in [4.69, 9.17) is 9.26 Å². The lowest BCUT2D eigenvalue weighted by Gasteiger charge is -2.22. The molecule has 0 fully saturated rings. The number of nitro benzene ring substituents is 1. The normalized spacial score (nSPS) is 12.9. The highest BCUT2D eigenvalue weighted by molar-refractivity contribution is 8.13. The minimum absolute atomic E-state index is 0.0979. The lowest BCUT2D eigenvalue weighted by atomic mass is 10.00. The predicted octanol–water partition coefficient (Wildman–Crippen LogP) is 6.70. The monoisotopic (exact) mass is 557 g/mol. The average Bonchev–Trinajstić information content (AvgIpc) is 3.25. The number of hydrogen-bond acceptors (Lipinski definition) is 9. The van der Waals surface area contributed by atoms with Crippen molar-refractivity contribution in [2.45, 2.75) is 26.4 Å². The topological polar surface area (TPSA) is 116 Å². The van der Waals surface area contributed by atoms with Gasteiger partial charge in [0.05, 0.1) is 11.5 Å². The smallest absolute Gasteiger partial charge is 0.353 e. The second kappa shape index (κ2) is 11.3. The van der Waals surface area contributed by atoms with Crippen LogP contribution in [0.5, 0.6) is 5.75 Å². The van der Waals surface area contributed by atoms with Crippen molar-refractivity contribution in [3.63, 3.8) is 0 Å². The first-order valence-corrected chi connectivity index (χ1v) is 13.5. The number of thioether (sulfide) groups is 1. The summed E-state index contributed by atoms with van der Waals surface area (Å²) in [4.78, 5) is 44.7. The van der Waals surface area contributed by atoms with Crippen molar-refractivity contribution in [2.75, 3.05) is 12.4 Å². The van der Waals surface area contributed by atoms with E-state index < -0.39 is 35.9 Å². The summed E-state index contributed by atoms with van der Waals surface area (Å²) in [6, 6.07) is 10.1. The standard InChI is InChI=1S/C23H22F2NO7PS2/c1-22(2,3)21(28)35-11-10-32-34(31)23(24,25)15-4-9-18-14(12-15)13-19(36-18)20(27)33-17-7-5-16(6-8-17)26(29)30/h4-9,12-13,31H,10-11H2,1-3H3. The van der Waals surface area contributed by atoms with Crippen LogP contribution in [0.25, 0.3) is 10.1 Å². The Morgan fingerprint density at radius 2 is 1.81 bits per heavy atom. The van der Waals surface area contributed by atoms with Crippen LogP contribution in [0.3, 0.4) is 0 Å². The van der Waals surface area contributed by atoms with Crippen LogP contribution in [0.4, 0.5) is 14.5 Å². The molecule has 0 aliphatic carbocycles. The van der Waals surface area contributed by atoms with E-state index in [-0.39, 0.29) is 33.8 Å². The third kappa shape index (κ3) is 6.83. The summed E-state index contributed by atoms with van der Waals surface area (Å²) < 4.78 is 40.4. The van der Waals surface area contributed by atoms with Gasteiger partial charge in [0.15, 0.2) is 5.12 Å². The molecule has 0 aliphatic heterocycles. The van der Waals surface area contributed by atoms with E-state index in [1.807, 2.05) is 0 Å². The van der Waals surface area contributed by atoms with Gasteiger partial charge in [-0.3, -0.25) is 14.9 Å². The Morgan fingerprint density at radius 3 is 2.42 bits per heavy atom. The molecule has 0 bridgehead atoms. The summed E-state index contributed by atoms with van der Waals surface area (Å²) in [6.07, 6.45) is 0. The Balaban J connectivity index is 1.66. The van der Waals surface area contributed by atoms with Gasteiger partial charge >= 0.3 is 11.6 Å².